The van der Waals surface area contributed by atoms with Crippen LogP contribution in [0.15, 0.2) is 18.2 Å². The summed E-state index contributed by atoms with van der Waals surface area (Å²) in [6.45, 7) is 4.33. The lowest BCUT2D eigenvalue weighted by molar-refractivity contribution is -0.138. The molecule has 4 heteroatoms. The molecule has 88 valence electrons. The molecule has 0 saturated carbocycles. The first-order valence-electron chi connectivity index (χ1n) is 5.18. The molecule has 1 aromatic carbocycles. The molecule has 1 aromatic rings. The molecule has 4 nitrogen and oxygen atoms in total. The van der Waals surface area contributed by atoms with Crippen molar-refractivity contribution in [1.82, 2.24) is 0 Å². The number of benzene rings is 1. The van der Waals surface area contributed by atoms with Crippen molar-refractivity contribution in [1.29, 1.82) is 0 Å². The Morgan fingerprint density at radius 3 is 2.31 bits per heavy atom. The van der Waals surface area contributed by atoms with Crippen LogP contribution in [-0.2, 0) is 4.79 Å². The average Bonchev–Trinajstić information content (AvgIpc) is 2.15. The molecule has 16 heavy (non-hydrogen) atoms. The molecular weight excluding hydrogens is 204 g/mol. The van der Waals surface area contributed by atoms with Gasteiger partial charge in [0.1, 0.15) is 6.04 Å². The minimum atomic E-state index is -0.976. The van der Waals surface area contributed by atoms with Gasteiger partial charge in [-0.15, -0.1) is 0 Å². The number of nitrogens with two attached hydrogens (primary N) is 1. The molecule has 0 aliphatic rings. The third kappa shape index (κ3) is 3.24. The first-order chi connectivity index (χ1) is 7.40. The Morgan fingerprint density at radius 1 is 1.38 bits per heavy atom. The average molecular weight is 222 g/mol. The maximum absolute atomic E-state index is 10.6. The highest BCUT2D eigenvalue weighted by Gasteiger charge is 2.14. The molecule has 0 saturated heterocycles. The fraction of sp³-hybridized carbons (Fsp3) is 0.417. The molecular formula is C12H18N2O2. The summed E-state index contributed by atoms with van der Waals surface area (Å²) in [5, 5.41) is 8.74. The predicted molar refractivity (Wildman–Crippen MR) is 64.8 cm³/mol. The van der Waals surface area contributed by atoms with Gasteiger partial charge in [-0.25, -0.2) is 0 Å². The van der Waals surface area contributed by atoms with Crippen molar-refractivity contribution in [2.75, 3.05) is 18.5 Å². The van der Waals surface area contributed by atoms with Gasteiger partial charge in [-0.3, -0.25) is 4.79 Å². The second-order valence-corrected chi connectivity index (χ2v) is 4.17. The first-order valence-corrected chi connectivity index (χ1v) is 5.18. The maximum Gasteiger partial charge on any atom is 0.322 e. The van der Waals surface area contributed by atoms with Gasteiger partial charge in [0.2, 0.25) is 0 Å². The minimum absolute atomic E-state index is 0.304. The summed E-state index contributed by atoms with van der Waals surface area (Å²) in [6.07, 6.45) is 0. The molecule has 0 heterocycles. The van der Waals surface area contributed by atoms with Crippen LogP contribution in [0, 0.1) is 13.8 Å². The van der Waals surface area contributed by atoms with Crippen LogP contribution < -0.4 is 10.6 Å². The molecule has 1 atom stereocenters. The highest BCUT2D eigenvalue weighted by molar-refractivity contribution is 5.74. The molecule has 0 bridgehead atoms. The van der Waals surface area contributed by atoms with E-state index in [1.807, 2.05) is 37.9 Å². The molecule has 0 aromatic heterocycles. The summed E-state index contributed by atoms with van der Waals surface area (Å²) in [5.74, 6) is -0.976. The van der Waals surface area contributed by atoms with Crippen LogP contribution in [0.3, 0.4) is 0 Å². The van der Waals surface area contributed by atoms with Crippen molar-refractivity contribution in [3.05, 3.63) is 29.3 Å². The Hall–Kier alpha value is -1.55. The quantitative estimate of drug-likeness (QED) is 0.802. The lowest BCUT2D eigenvalue weighted by atomic mass is 10.1. The lowest BCUT2D eigenvalue weighted by Crippen LogP contribution is -2.41. The van der Waals surface area contributed by atoms with Gasteiger partial charge < -0.3 is 15.7 Å². The van der Waals surface area contributed by atoms with E-state index in [2.05, 4.69) is 6.07 Å². The summed E-state index contributed by atoms with van der Waals surface area (Å²) < 4.78 is 0. The number of likely N-dealkylation sites (N-methyl/N-ethyl adjacent to an activating group) is 1. The van der Waals surface area contributed by atoms with E-state index in [4.69, 9.17) is 10.8 Å². The fourth-order valence-electron chi connectivity index (χ4n) is 1.65. The number of rotatable bonds is 4. The number of nitrogens with zero attached hydrogens (tertiary/aromatic N) is 1. The Bertz CT molecular complexity index is 370. The number of carboxylic acids is 1. The van der Waals surface area contributed by atoms with Gasteiger partial charge in [0, 0.05) is 19.3 Å². The summed E-state index contributed by atoms with van der Waals surface area (Å²) >= 11 is 0. The van der Waals surface area contributed by atoms with Crippen molar-refractivity contribution in [2.24, 2.45) is 5.73 Å². The van der Waals surface area contributed by atoms with E-state index < -0.39 is 12.0 Å². The van der Waals surface area contributed by atoms with E-state index in [0.717, 1.165) is 16.8 Å². The highest BCUT2D eigenvalue weighted by atomic mass is 16.4. The van der Waals surface area contributed by atoms with Crippen LogP contribution in [0.25, 0.3) is 0 Å². The first kappa shape index (κ1) is 12.5. The highest BCUT2D eigenvalue weighted by Crippen LogP contribution is 2.17. The Kier molecular flexibility index (Phi) is 3.90. The van der Waals surface area contributed by atoms with E-state index in [-0.39, 0.29) is 0 Å². The Balaban J connectivity index is 2.80. The van der Waals surface area contributed by atoms with Crippen molar-refractivity contribution in [2.45, 2.75) is 19.9 Å². The topological polar surface area (TPSA) is 66.6 Å². The SMILES string of the molecule is Cc1cc(C)cc(N(C)CC(N)C(=O)O)c1. The van der Waals surface area contributed by atoms with Gasteiger partial charge in [-0.05, 0) is 37.1 Å². The summed E-state index contributed by atoms with van der Waals surface area (Å²) in [5.41, 5.74) is 8.80. The molecule has 1 rings (SSSR count). The van der Waals surface area contributed by atoms with Crippen LogP contribution in [0.1, 0.15) is 11.1 Å². The Labute approximate surface area is 95.7 Å². The van der Waals surface area contributed by atoms with E-state index in [1.54, 1.807) is 0 Å². The van der Waals surface area contributed by atoms with Crippen LogP contribution in [0.5, 0.6) is 0 Å². The molecule has 0 aliphatic carbocycles. The van der Waals surface area contributed by atoms with E-state index >= 15 is 0 Å². The summed E-state index contributed by atoms with van der Waals surface area (Å²) in [7, 11) is 1.84. The number of hydrogen-bond donors (Lipinski definition) is 2. The van der Waals surface area contributed by atoms with Crippen LogP contribution in [-0.4, -0.2) is 30.7 Å². The van der Waals surface area contributed by atoms with E-state index in [1.165, 1.54) is 0 Å². The molecule has 0 spiro atoms. The molecule has 3 N–H and O–H groups in total. The minimum Gasteiger partial charge on any atom is -0.480 e. The van der Waals surface area contributed by atoms with Crippen molar-refractivity contribution in [3.63, 3.8) is 0 Å². The number of anilines is 1. The normalized spacial score (nSPS) is 12.2. The number of aliphatic carboxylic acids is 1. The molecule has 0 radical (unpaired) electrons. The Morgan fingerprint density at radius 2 is 1.88 bits per heavy atom. The molecule has 0 aliphatic heterocycles. The van der Waals surface area contributed by atoms with E-state index in [0.29, 0.717) is 6.54 Å². The van der Waals surface area contributed by atoms with Gasteiger partial charge in [0.25, 0.3) is 0 Å². The van der Waals surface area contributed by atoms with Crippen LogP contribution in [0.4, 0.5) is 5.69 Å². The van der Waals surface area contributed by atoms with Gasteiger partial charge in [-0.2, -0.15) is 0 Å². The fourth-order valence-corrected chi connectivity index (χ4v) is 1.65. The van der Waals surface area contributed by atoms with Gasteiger partial charge in [0.15, 0.2) is 0 Å². The summed E-state index contributed by atoms with van der Waals surface area (Å²) in [4.78, 5) is 12.5. The third-order valence-corrected chi connectivity index (χ3v) is 2.43. The molecule has 0 fully saturated rings. The zero-order valence-corrected chi connectivity index (χ0v) is 9.90. The number of carbonyl (C=O) groups is 1. The van der Waals surface area contributed by atoms with Crippen LogP contribution >= 0.6 is 0 Å². The zero-order valence-electron chi connectivity index (χ0n) is 9.90. The lowest BCUT2D eigenvalue weighted by Gasteiger charge is -2.22. The van der Waals surface area contributed by atoms with E-state index in [9.17, 15) is 4.79 Å². The monoisotopic (exact) mass is 222 g/mol. The second-order valence-electron chi connectivity index (χ2n) is 4.17. The number of hydrogen-bond acceptors (Lipinski definition) is 3. The second kappa shape index (κ2) is 4.99. The van der Waals surface area contributed by atoms with Gasteiger partial charge >= 0.3 is 5.97 Å². The largest absolute Gasteiger partial charge is 0.480 e. The predicted octanol–water partition coefficient (Wildman–Crippen LogP) is 1.15. The number of aryl methyl sites for hydroxylation is 2. The van der Waals surface area contributed by atoms with Crippen molar-refractivity contribution >= 4 is 11.7 Å². The van der Waals surface area contributed by atoms with Crippen LogP contribution in [0.2, 0.25) is 0 Å². The standard InChI is InChI=1S/C12H18N2O2/c1-8-4-9(2)6-10(5-8)14(3)7-11(13)12(15)16/h4-6,11H,7,13H2,1-3H3,(H,15,16). The molecule has 0 amide bonds. The smallest absolute Gasteiger partial charge is 0.322 e. The van der Waals surface area contributed by atoms with Crippen molar-refractivity contribution < 1.29 is 9.90 Å². The maximum atomic E-state index is 10.6. The van der Waals surface area contributed by atoms with Gasteiger partial charge in [0.05, 0.1) is 0 Å². The van der Waals surface area contributed by atoms with Crippen molar-refractivity contribution in [3.8, 4) is 0 Å². The zero-order chi connectivity index (χ0) is 12.3. The number of carboxylic acid groups (broad SMARTS) is 1. The third-order valence-electron chi connectivity index (χ3n) is 2.43. The summed E-state index contributed by atoms with van der Waals surface area (Å²) in [6, 6.07) is 5.25. The molecule has 1 unspecified atom stereocenters. The van der Waals surface area contributed by atoms with Gasteiger partial charge in [-0.1, -0.05) is 6.07 Å².